The van der Waals surface area contributed by atoms with Crippen molar-refractivity contribution in [1.82, 2.24) is 0 Å². The van der Waals surface area contributed by atoms with E-state index in [1.54, 1.807) is 0 Å². The van der Waals surface area contributed by atoms with Crippen molar-refractivity contribution in [3.8, 4) is 17.2 Å². The van der Waals surface area contributed by atoms with Gasteiger partial charge in [0.15, 0.2) is 5.78 Å². The van der Waals surface area contributed by atoms with E-state index in [4.69, 9.17) is 5.11 Å². The third kappa shape index (κ3) is 1.95. The third-order valence-corrected chi connectivity index (χ3v) is 2.95. The zero-order chi connectivity index (χ0) is 12.6. The van der Waals surface area contributed by atoms with Gasteiger partial charge in [0.05, 0.1) is 5.92 Å². The van der Waals surface area contributed by atoms with Crippen LogP contribution < -0.4 is 0 Å². The van der Waals surface area contributed by atoms with Gasteiger partial charge in [-0.1, -0.05) is 0 Å². The quantitative estimate of drug-likeness (QED) is 0.532. The second-order valence-electron chi connectivity index (χ2n) is 4.13. The van der Waals surface area contributed by atoms with Crippen LogP contribution in [0.3, 0.4) is 0 Å². The third-order valence-electron chi connectivity index (χ3n) is 2.95. The molecule has 0 amide bonds. The molecule has 3 N–H and O–H groups in total. The summed E-state index contributed by atoms with van der Waals surface area (Å²) in [5, 5.41) is 28.2. The van der Waals surface area contributed by atoms with E-state index in [0.29, 0.717) is 19.3 Å². The van der Waals surface area contributed by atoms with Crippen molar-refractivity contribution in [1.29, 1.82) is 0 Å². The molecular formula is C12H12O5. The fourth-order valence-electron chi connectivity index (χ4n) is 2.12. The minimum absolute atomic E-state index is 0.165. The Bertz CT molecular complexity index is 469. The fourth-order valence-corrected chi connectivity index (χ4v) is 2.12. The first kappa shape index (κ1) is 11.4. The van der Waals surface area contributed by atoms with Crippen LogP contribution in [0.2, 0.25) is 0 Å². The normalized spacial score (nSPS) is 19.5. The number of ketones is 2. The lowest BCUT2D eigenvalue weighted by atomic mass is 9.94. The molecule has 1 fully saturated rings. The summed E-state index contributed by atoms with van der Waals surface area (Å²) in [6.45, 7) is 0. The molecule has 1 aromatic rings. The molecule has 2 rings (SSSR count). The highest BCUT2D eigenvalue weighted by Crippen LogP contribution is 2.36. The number of rotatable bonds is 2. The molecule has 1 aliphatic carbocycles. The summed E-state index contributed by atoms with van der Waals surface area (Å²) < 4.78 is 0. The zero-order valence-electron chi connectivity index (χ0n) is 9.01. The summed E-state index contributed by atoms with van der Waals surface area (Å²) in [7, 11) is 0. The van der Waals surface area contributed by atoms with Crippen LogP contribution in [-0.4, -0.2) is 26.9 Å². The van der Waals surface area contributed by atoms with Crippen LogP contribution in [0.1, 0.15) is 29.6 Å². The number of phenolic OH excluding ortho intramolecular Hbond substituents is 3. The van der Waals surface area contributed by atoms with E-state index in [1.165, 1.54) is 0 Å². The van der Waals surface area contributed by atoms with Crippen LogP contribution >= 0.6 is 0 Å². The van der Waals surface area contributed by atoms with Gasteiger partial charge in [0.25, 0.3) is 0 Å². The Balaban J connectivity index is 2.40. The van der Waals surface area contributed by atoms with Gasteiger partial charge < -0.3 is 15.3 Å². The van der Waals surface area contributed by atoms with E-state index in [2.05, 4.69) is 0 Å². The van der Waals surface area contributed by atoms with Crippen molar-refractivity contribution in [2.45, 2.75) is 19.3 Å². The Labute approximate surface area is 97.3 Å². The number of carbonyl (C=O) groups is 2. The van der Waals surface area contributed by atoms with E-state index in [1.807, 2.05) is 0 Å². The Hall–Kier alpha value is -2.04. The highest BCUT2D eigenvalue weighted by atomic mass is 16.3. The minimum Gasteiger partial charge on any atom is -0.508 e. The van der Waals surface area contributed by atoms with E-state index >= 15 is 0 Å². The molecule has 90 valence electrons. The lowest BCUT2D eigenvalue weighted by Crippen LogP contribution is -2.19. The molecule has 1 saturated carbocycles. The smallest absolute Gasteiger partial charge is 0.180 e. The molecule has 5 heteroatoms. The van der Waals surface area contributed by atoms with Crippen LogP contribution in [0.15, 0.2) is 12.1 Å². The molecular weight excluding hydrogens is 224 g/mol. The van der Waals surface area contributed by atoms with Crippen molar-refractivity contribution >= 4 is 11.6 Å². The van der Waals surface area contributed by atoms with Crippen molar-refractivity contribution in [3.63, 3.8) is 0 Å². The molecule has 1 aliphatic rings. The molecule has 0 heterocycles. The Kier molecular flexibility index (Phi) is 2.75. The van der Waals surface area contributed by atoms with Crippen molar-refractivity contribution in [2.24, 2.45) is 5.92 Å². The van der Waals surface area contributed by atoms with Crippen LogP contribution in [0.4, 0.5) is 0 Å². The lowest BCUT2D eigenvalue weighted by Gasteiger charge is -2.10. The zero-order valence-corrected chi connectivity index (χ0v) is 9.01. The van der Waals surface area contributed by atoms with E-state index in [9.17, 15) is 19.8 Å². The van der Waals surface area contributed by atoms with Gasteiger partial charge in [-0.25, -0.2) is 0 Å². The Morgan fingerprint density at radius 3 is 2.24 bits per heavy atom. The monoisotopic (exact) mass is 236 g/mol. The first-order valence-corrected chi connectivity index (χ1v) is 5.32. The Morgan fingerprint density at radius 1 is 1.18 bits per heavy atom. The average Bonchev–Trinajstić information content (AvgIpc) is 2.62. The van der Waals surface area contributed by atoms with Crippen LogP contribution in [0.25, 0.3) is 0 Å². The van der Waals surface area contributed by atoms with E-state index < -0.39 is 23.2 Å². The summed E-state index contributed by atoms with van der Waals surface area (Å²) >= 11 is 0. The molecule has 0 bridgehead atoms. The predicted octanol–water partition coefficient (Wildman–Crippen LogP) is 1.36. The topological polar surface area (TPSA) is 94.8 Å². The lowest BCUT2D eigenvalue weighted by molar-refractivity contribution is -0.119. The molecule has 1 aromatic carbocycles. The number of benzene rings is 1. The average molecular weight is 236 g/mol. The summed E-state index contributed by atoms with van der Waals surface area (Å²) in [5.41, 5.74) is -0.289. The van der Waals surface area contributed by atoms with Gasteiger partial charge in [0.2, 0.25) is 0 Å². The highest BCUT2D eigenvalue weighted by Gasteiger charge is 2.34. The maximum Gasteiger partial charge on any atom is 0.180 e. The van der Waals surface area contributed by atoms with Crippen molar-refractivity contribution < 1.29 is 24.9 Å². The standard InChI is InChI=1S/C12H12O5/c13-6-4-9(15)11(10(16)5-6)12(17)7-2-1-3-8(7)14/h4-5,7,13,15-16H,1-3H2. The van der Waals surface area contributed by atoms with Crippen LogP contribution in [0.5, 0.6) is 17.2 Å². The Morgan fingerprint density at radius 2 is 1.76 bits per heavy atom. The fraction of sp³-hybridized carbons (Fsp3) is 0.333. The first-order chi connectivity index (χ1) is 8.00. The second kappa shape index (κ2) is 4.08. The van der Waals surface area contributed by atoms with Gasteiger partial charge in [-0.2, -0.15) is 0 Å². The predicted molar refractivity (Wildman–Crippen MR) is 58.1 cm³/mol. The van der Waals surface area contributed by atoms with E-state index in [-0.39, 0.29) is 17.1 Å². The molecule has 0 aromatic heterocycles. The number of phenols is 3. The largest absolute Gasteiger partial charge is 0.508 e. The van der Waals surface area contributed by atoms with Gasteiger partial charge in [-0.05, 0) is 12.8 Å². The SMILES string of the molecule is O=C1CCCC1C(=O)c1c(O)cc(O)cc1O. The maximum atomic E-state index is 12.0. The molecule has 1 atom stereocenters. The summed E-state index contributed by atoms with van der Waals surface area (Å²) in [6, 6.07) is 1.93. The molecule has 0 radical (unpaired) electrons. The van der Waals surface area contributed by atoms with Crippen molar-refractivity contribution in [3.05, 3.63) is 17.7 Å². The maximum absolute atomic E-state index is 12.0. The minimum atomic E-state index is -0.781. The van der Waals surface area contributed by atoms with Gasteiger partial charge in [-0.3, -0.25) is 9.59 Å². The van der Waals surface area contributed by atoms with E-state index in [0.717, 1.165) is 12.1 Å². The molecule has 1 unspecified atom stereocenters. The number of hydrogen-bond acceptors (Lipinski definition) is 5. The number of Topliss-reactive ketones (excluding diaryl/α,β-unsaturated/α-hetero) is 2. The number of aromatic hydroxyl groups is 3. The van der Waals surface area contributed by atoms with Crippen molar-refractivity contribution in [2.75, 3.05) is 0 Å². The van der Waals surface area contributed by atoms with Gasteiger partial charge in [0, 0.05) is 18.6 Å². The number of hydrogen-bond donors (Lipinski definition) is 3. The summed E-state index contributed by atoms with van der Waals surface area (Å²) in [5.74, 6) is -2.88. The molecule has 17 heavy (non-hydrogen) atoms. The molecule has 0 aliphatic heterocycles. The summed E-state index contributed by atoms with van der Waals surface area (Å²) in [6.07, 6.45) is 1.45. The summed E-state index contributed by atoms with van der Waals surface area (Å²) in [4.78, 5) is 23.4. The first-order valence-electron chi connectivity index (χ1n) is 5.32. The number of carbonyl (C=O) groups excluding carboxylic acids is 2. The highest BCUT2D eigenvalue weighted by molar-refractivity contribution is 6.14. The molecule has 5 nitrogen and oxygen atoms in total. The van der Waals surface area contributed by atoms with Gasteiger partial charge >= 0.3 is 0 Å². The van der Waals surface area contributed by atoms with Gasteiger partial charge in [-0.15, -0.1) is 0 Å². The second-order valence-corrected chi connectivity index (χ2v) is 4.13. The molecule has 0 spiro atoms. The molecule has 0 saturated heterocycles. The van der Waals surface area contributed by atoms with Crippen LogP contribution in [0, 0.1) is 5.92 Å². The van der Waals surface area contributed by atoms with Gasteiger partial charge in [0.1, 0.15) is 28.6 Å². The van der Waals surface area contributed by atoms with Crippen LogP contribution in [-0.2, 0) is 4.79 Å².